The van der Waals surface area contributed by atoms with Gasteiger partial charge in [0, 0.05) is 14.3 Å². The van der Waals surface area contributed by atoms with Crippen LogP contribution >= 0.6 is 43.5 Å². The minimum Gasteiger partial charge on any atom is -0.0888 e. The van der Waals surface area contributed by atoms with E-state index in [-0.39, 0.29) is 0 Å². The minimum absolute atomic E-state index is 0.668. The lowest BCUT2D eigenvalue weighted by Gasteiger charge is -2.27. The topological polar surface area (TPSA) is 0 Å². The molecule has 0 radical (unpaired) electrons. The molecule has 0 saturated heterocycles. The van der Waals surface area contributed by atoms with Crippen molar-refractivity contribution in [3.63, 3.8) is 0 Å². The van der Waals surface area contributed by atoms with E-state index in [2.05, 4.69) is 44.0 Å². The number of alkyl halides is 1. The van der Waals surface area contributed by atoms with Gasteiger partial charge in [-0.3, -0.25) is 0 Å². The van der Waals surface area contributed by atoms with Crippen LogP contribution in [0.1, 0.15) is 31.2 Å². The zero-order chi connectivity index (χ0) is 11.5. The van der Waals surface area contributed by atoms with Crippen molar-refractivity contribution in [3.05, 3.63) is 33.3 Å². The molecule has 0 nitrogen and oxygen atoms in total. The van der Waals surface area contributed by atoms with Gasteiger partial charge in [0.25, 0.3) is 0 Å². The Bertz CT molecular complexity index is 365. The van der Waals surface area contributed by atoms with Gasteiger partial charge < -0.3 is 0 Å². The van der Waals surface area contributed by atoms with Gasteiger partial charge in [0.1, 0.15) is 0 Å². The Balaban J connectivity index is 2.07. The maximum Gasteiger partial charge on any atom is 0.0449 e. The third kappa shape index (κ3) is 3.24. The zero-order valence-electron chi connectivity index (χ0n) is 9.06. The van der Waals surface area contributed by atoms with Gasteiger partial charge in [0.15, 0.2) is 0 Å². The van der Waals surface area contributed by atoms with Gasteiger partial charge in [-0.05, 0) is 42.9 Å². The largest absolute Gasteiger partial charge is 0.0888 e. The van der Waals surface area contributed by atoms with Gasteiger partial charge in [-0.1, -0.05) is 62.4 Å². The van der Waals surface area contributed by atoms with Crippen LogP contribution in [0.2, 0.25) is 5.02 Å². The van der Waals surface area contributed by atoms with Crippen molar-refractivity contribution in [3.8, 4) is 0 Å². The van der Waals surface area contributed by atoms with Crippen molar-refractivity contribution in [2.75, 3.05) is 0 Å². The lowest BCUT2D eigenvalue weighted by molar-refractivity contribution is 0.373. The van der Waals surface area contributed by atoms with Crippen molar-refractivity contribution in [2.45, 2.75) is 36.9 Å². The highest BCUT2D eigenvalue weighted by molar-refractivity contribution is 9.10. The molecular weight excluding hydrogens is 351 g/mol. The van der Waals surface area contributed by atoms with E-state index < -0.39 is 0 Å². The summed E-state index contributed by atoms with van der Waals surface area (Å²) in [6.07, 6.45) is 6.45. The van der Waals surface area contributed by atoms with Crippen LogP contribution in [0, 0.1) is 5.92 Å². The van der Waals surface area contributed by atoms with Crippen LogP contribution in [0.25, 0.3) is 0 Å². The van der Waals surface area contributed by atoms with E-state index in [1.54, 1.807) is 0 Å². The van der Waals surface area contributed by atoms with Crippen LogP contribution in [-0.4, -0.2) is 4.83 Å². The van der Waals surface area contributed by atoms with Crippen molar-refractivity contribution in [1.82, 2.24) is 0 Å². The quantitative estimate of drug-likeness (QED) is 0.598. The first-order chi connectivity index (χ1) is 7.66. The summed E-state index contributed by atoms with van der Waals surface area (Å²) in [5, 5.41) is 0.889. The molecule has 0 heterocycles. The summed E-state index contributed by atoms with van der Waals surface area (Å²) in [7, 11) is 0. The Labute approximate surface area is 119 Å². The predicted molar refractivity (Wildman–Crippen MR) is 77.5 cm³/mol. The molecule has 0 bridgehead atoms. The number of hydrogen-bond acceptors (Lipinski definition) is 0. The van der Waals surface area contributed by atoms with E-state index in [0.29, 0.717) is 4.83 Å². The van der Waals surface area contributed by atoms with Crippen LogP contribution in [0.5, 0.6) is 0 Å². The highest BCUT2D eigenvalue weighted by atomic mass is 79.9. The number of halogens is 3. The van der Waals surface area contributed by atoms with E-state index >= 15 is 0 Å². The molecule has 0 aliphatic heterocycles. The predicted octanol–water partition coefficient (Wildman–Crippen LogP) is 5.60. The molecular formula is C13H15Br2Cl. The van der Waals surface area contributed by atoms with Gasteiger partial charge in [-0.2, -0.15) is 0 Å². The first kappa shape index (κ1) is 12.9. The highest BCUT2D eigenvalue weighted by Crippen LogP contribution is 2.34. The number of benzene rings is 1. The second-order valence-corrected chi connectivity index (χ2v) is 7.00. The Morgan fingerprint density at radius 1 is 1.25 bits per heavy atom. The van der Waals surface area contributed by atoms with Crippen LogP contribution in [0.3, 0.4) is 0 Å². The van der Waals surface area contributed by atoms with Gasteiger partial charge in [0.05, 0.1) is 0 Å². The molecule has 1 aliphatic carbocycles. The molecule has 0 spiro atoms. The summed E-state index contributed by atoms with van der Waals surface area (Å²) in [5.74, 6) is 0.743. The van der Waals surface area contributed by atoms with Gasteiger partial charge in [0.2, 0.25) is 0 Å². The standard InChI is InChI=1S/C13H15Br2Cl/c14-11-6-5-10(13(16)8-11)7-9-3-1-2-4-12(9)15/h5-6,8-9,12H,1-4,7H2. The first-order valence-corrected chi connectivity index (χ1v) is 7.83. The summed E-state index contributed by atoms with van der Waals surface area (Å²) >= 11 is 13.5. The fraction of sp³-hybridized carbons (Fsp3) is 0.538. The SMILES string of the molecule is Clc1cc(Br)ccc1CC1CCCCC1Br. The Morgan fingerprint density at radius 3 is 2.69 bits per heavy atom. The van der Waals surface area contributed by atoms with Crippen LogP contribution < -0.4 is 0 Å². The summed E-state index contributed by atoms with van der Waals surface area (Å²) in [6.45, 7) is 0. The lowest BCUT2D eigenvalue weighted by Crippen LogP contribution is -2.21. The Kier molecular flexibility index (Phi) is 4.75. The molecule has 16 heavy (non-hydrogen) atoms. The van der Waals surface area contributed by atoms with Crippen molar-refractivity contribution < 1.29 is 0 Å². The molecule has 88 valence electrons. The molecule has 2 unspecified atom stereocenters. The monoisotopic (exact) mass is 364 g/mol. The van der Waals surface area contributed by atoms with Crippen LogP contribution in [0.15, 0.2) is 22.7 Å². The third-order valence-corrected chi connectivity index (χ3v) is 5.36. The highest BCUT2D eigenvalue weighted by Gasteiger charge is 2.23. The molecule has 2 rings (SSSR count). The van der Waals surface area contributed by atoms with Crippen LogP contribution in [0.4, 0.5) is 0 Å². The van der Waals surface area contributed by atoms with E-state index in [9.17, 15) is 0 Å². The smallest absolute Gasteiger partial charge is 0.0449 e. The van der Waals surface area contributed by atoms with Gasteiger partial charge >= 0.3 is 0 Å². The maximum atomic E-state index is 6.25. The minimum atomic E-state index is 0.668. The maximum absolute atomic E-state index is 6.25. The Hall–Kier alpha value is 0.470. The first-order valence-electron chi connectivity index (χ1n) is 5.75. The molecule has 1 fully saturated rings. The van der Waals surface area contributed by atoms with E-state index in [0.717, 1.165) is 21.8 Å². The van der Waals surface area contributed by atoms with Crippen LogP contribution in [-0.2, 0) is 6.42 Å². The average Bonchev–Trinajstić information content (AvgIpc) is 2.25. The molecule has 1 saturated carbocycles. The Morgan fingerprint density at radius 2 is 2.00 bits per heavy atom. The lowest BCUT2D eigenvalue weighted by atomic mass is 9.85. The molecule has 0 N–H and O–H groups in total. The third-order valence-electron chi connectivity index (χ3n) is 3.31. The van der Waals surface area contributed by atoms with Crippen molar-refractivity contribution in [2.24, 2.45) is 5.92 Å². The summed E-state index contributed by atoms with van der Waals surface area (Å²) in [4.78, 5) is 0.668. The summed E-state index contributed by atoms with van der Waals surface area (Å²) < 4.78 is 1.06. The second kappa shape index (κ2) is 5.88. The zero-order valence-corrected chi connectivity index (χ0v) is 13.0. The van der Waals surface area contributed by atoms with E-state index in [4.69, 9.17) is 11.6 Å². The fourth-order valence-electron chi connectivity index (χ4n) is 2.36. The number of rotatable bonds is 2. The molecule has 1 aliphatic rings. The van der Waals surface area contributed by atoms with E-state index in [1.807, 2.05) is 6.07 Å². The fourth-order valence-corrected chi connectivity index (χ4v) is 3.89. The number of hydrogen-bond donors (Lipinski definition) is 0. The van der Waals surface area contributed by atoms with Crippen molar-refractivity contribution >= 4 is 43.5 Å². The normalized spacial score (nSPS) is 25.7. The molecule has 3 heteroatoms. The van der Waals surface area contributed by atoms with Crippen molar-refractivity contribution in [1.29, 1.82) is 0 Å². The van der Waals surface area contributed by atoms with E-state index in [1.165, 1.54) is 31.2 Å². The summed E-state index contributed by atoms with van der Waals surface area (Å²) in [5.41, 5.74) is 1.28. The summed E-state index contributed by atoms with van der Waals surface area (Å²) in [6, 6.07) is 6.21. The average molecular weight is 367 g/mol. The second-order valence-electron chi connectivity index (χ2n) is 4.50. The van der Waals surface area contributed by atoms with Gasteiger partial charge in [-0.25, -0.2) is 0 Å². The molecule has 1 aromatic carbocycles. The molecule has 1 aromatic rings. The molecule has 0 amide bonds. The molecule has 0 aromatic heterocycles. The molecule has 2 atom stereocenters. The van der Waals surface area contributed by atoms with Gasteiger partial charge in [-0.15, -0.1) is 0 Å².